The number of hydrogen-bond acceptors (Lipinski definition) is 6. The second-order valence-corrected chi connectivity index (χ2v) is 7.76. The third-order valence-corrected chi connectivity index (χ3v) is 5.04. The van der Waals surface area contributed by atoms with Gasteiger partial charge in [-0.05, 0) is 36.4 Å². The topological polar surface area (TPSA) is 90.1 Å². The number of aromatic nitrogens is 4. The van der Waals surface area contributed by atoms with Gasteiger partial charge in [0.25, 0.3) is 0 Å². The van der Waals surface area contributed by atoms with Gasteiger partial charge in [0.15, 0.2) is 0 Å². The molecule has 31 heavy (non-hydrogen) atoms. The van der Waals surface area contributed by atoms with Crippen LogP contribution in [0.1, 0.15) is 38.4 Å². The molecule has 7 nitrogen and oxygen atoms in total. The van der Waals surface area contributed by atoms with Crippen molar-refractivity contribution in [2.45, 2.75) is 44.8 Å². The van der Waals surface area contributed by atoms with E-state index in [1.54, 1.807) is 36.7 Å². The molecule has 0 bridgehead atoms. The number of hydrogen-bond donors (Lipinski definition) is 1. The third kappa shape index (κ3) is 4.54. The fraction of sp³-hybridized carbons (Fsp3) is 0.304. The third-order valence-electron chi connectivity index (χ3n) is 5.04. The lowest BCUT2D eigenvalue weighted by Crippen LogP contribution is -2.31. The Kier molecular flexibility index (Phi) is 5.90. The molecule has 160 valence electrons. The molecule has 0 spiro atoms. The number of aliphatic hydroxyl groups is 1. The molecule has 3 heterocycles. The molecule has 1 aliphatic heterocycles. The second kappa shape index (κ2) is 8.77. The summed E-state index contributed by atoms with van der Waals surface area (Å²) in [7, 11) is 0. The minimum Gasteiger partial charge on any atom is -0.458 e. The molecule has 0 amide bonds. The van der Waals surface area contributed by atoms with Gasteiger partial charge in [-0.3, -0.25) is 4.79 Å². The Morgan fingerprint density at radius 2 is 2.03 bits per heavy atom. The fourth-order valence-electron chi connectivity index (χ4n) is 3.60. The number of carbonyl (C=O) groups excluding carboxylic acids is 1. The maximum Gasteiger partial charge on any atom is 0.309 e. The van der Waals surface area contributed by atoms with Gasteiger partial charge in [0, 0.05) is 30.3 Å². The Morgan fingerprint density at radius 1 is 1.26 bits per heavy atom. The summed E-state index contributed by atoms with van der Waals surface area (Å²) in [4.78, 5) is 24.9. The van der Waals surface area contributed by atoms with E-state index in [0.717, 1.165) is 17.1 Å². The van der Waals surface area contributed by atoms with Crippen LogP contribution >= 0.6 is 0 Å². The minimum atomic E-state index is -0.723. The van der Waals surface area contributed by atoms with Crippen molar-refractivity contribution in [3.8, 4) is 22.6 Å². The van der Waals surface area contributed by atoms with E-state index in [-0.39, 0.29) is 18.2 Å². The predicted octanol–water partition coefficient (Wildman–Crippen LogP) is 3.81. The van der Waals surface area contributed by atoms with Crippen molar-refractivity contribution >= 4 is 12.2 Å². The van der Waals surface area contributed by atoms with Gasteiger partial charge in [-0.1, -0.05) is 13.8 Å². The zero-order valence-corrected chi connectivity index (χ0v) is 17.3. The Balaban J connectivity index is 1.85. The van der Waals surface area contributed by atoms with Crippen LogP contribution in [0, 0.1) is 5.82 Å². The van der Waals surface area contributed by atoms with E-state index in [0.29, 0.717) is 17.8 Å². The first-order valence-electron chi connectivity index (χ1n) is 10.1. The number of benzene rings is 1. The lowest BCUT2D eigenvalue weighted by Gasteiger charge is -2.23. The van der Waals surface area contributed by atoms with E-state index in [2.05, 4.69) is 9.97 Å². The van der Waals surface area contributed by atoms with Crippen LogP contribution in [0.15, 0.2) is 48.9 Å². The summed E-state index contributed by atoms with van der Waals surface area (Å²) >= 11 is 0. The van der Waals surface area contributed by atoms with Crippen molar-refractivity contribution in [2.24, 2.45) is 0 Å². The van der Waals surface area contributed by atoms with Crippen LogP contribution in [-0.2, 0) is 9.53 Å². The van der Waals surface area contributed by atoms with Crippen molar-refractivity contribution in [3.63, 3.8) is 0 Å². The van der Waals surface area contributed by atoms with Gasteiger partial charge >= 0.3 is 5.97 Å². The van der Waals surface area contributed by atoms with Gasteiger partial charge in [0.1, 0.15) is 24.1 Å². The van der Waals surface area contributed by atoms with Crippen LogP contribution in [-0.4, -0.2) is 42.8 Å². The lowest BCUT2D eigenvalue weighted by atomic mass is 10.1. The molecule has 0 unspecified atom stereocenters. The second-order valence-electron chi connectivity index (χ2n) is 7.76. The number of esters is 1. The molecule has 0 aliphatic carbocycles. The SMILES string of the molecule is CC(C)c1nc(-c2ccc(F)cc2)c(-c2ccncn2)n1/C=C/[C@@H]1C[C@@H](O)CC(=O)O1. The highest BCUT2D eigenvalue weighted by Gasteiger charge is 2.26. The number of imidazole rings is 1. The van der Waals surface area contributed by atoms with Crippen LogP contribution in [0.2, 0.25) is 0 Å². The minimum absolute atomic E-state index is 0.00750. The molecule has 1 N–H and O–H groups in total. The first-order valence-corrected chi connectivity index (χ1v) is 10.1. The summed E-state index contributed by atoms with van der Waals surface area (Å²) in [5, 5.41) is 9.90. The highest BCUT2D eigenvalue weighted by atomic mass is 19.1. The van der Waals surface area contributed by atoms with E-state index >= 15 is 0 Å². The van der Waals surface area contributed by atoms with Crippen molar-refractivity contribution in [1.82, 2.24) is 19.5 Å². The fourth-order valence-corrected chi connectivity index (χ4v) is 3.60. The highest BCUT2D eigenvalue weighted by Crippen LogP contribution is 2.34. The molecule has 1 aliphatic rings. The number of ether oxygens (including phenoxy) is 1. The van der Waals surface area contributed by atoms with Crippen LogP contribution in [0.3, 0.4) is 0 Å². The molecule has 0 radical (unpaired) electrons. The smallest absolute Gasteiger partial charge is 0.309 e. The monoisotopic (exact) mass is 422 g/mol. The molecule has 1 aromatic carbocycles. The highest BCUT2D eigenvalue weighted by molar-refractivity contribution is 5.79. The van der Waals surface area contributed by atoms with Crippen LogP contribution in [0.4, 0.5) is 4.39 Å². The molecule has 2 atom stereocenters. The molecular weight excluding hydrogens is 399 g/mol. The molecule has 4 rings (SSSR count). The molecule has 1 fully saturated rings. The maximum absolute atomic E-state index is 13.5. The summed E-state index contributed by atoms with van der Waals surface area (Å²) in [6.45, 7) is 4.05. The molecule has 2 aromatic heterocycles. The standard InChI is InChI=1S/C23H23FN4O3/c1-14(2)23-27-21(15-3-5-16(24)6-4-15)22(19-7-9-25-13-26-19)28(23)10-8-18-11-17(29)12-20(30)31-18/h3-10,13-14,17-18,29H,11-12H2,1-2H3/b10-8+/t17-,18-/m1/s1. The average Bonchev–Trinajstić information content (AvgIpc) is 3.12. The molecule has 3 aromatic rings. The van der Waals surface area contributed by atoms with E-state index in [1.807, 2.05) is 18.4 Å². The Morgan fingerprint density at radius 3 is 2.68 bits per heavy atom. The van der Waals surface area contributed by atoms with Crippen LogP contribution < -0.4 is 0 Å². The molecular formula is C23H23FN4O3. The Bertz CT molecular complexity index is 1090. The van der Waals surface area contributed by atoms with E-state index < -0.39 is 18.2 Å². The number of aliphatic hydroxyl groups excluding tert-OH is 1. The lowest BCUT2D eigenvalue weighted by molar-refractivity contribution is -0.156. The average molecular weight is 422 g/mol. The van der Waals surface area contributed by atoms with Crippen LogP contribution in [0.25, 0.3) is 28.8 Å². The van der Waals surface area contributed by atoms with Gasteiger partial charge in [0.05, 0.1) is 29.6 Å². The summed E-state index contributed by atoms with van der Waals surface area (Å²) < 4.78 is 20.8. The molecule has 1 saturated heterocycles. The number of rotatable bonds is 5. The summed E-state index contributed by atoms with van der Waals surface area (Å²) in [5.74, 6) is 0.0883. The Labute approximate surface area is 179 Å². The quantitative estimate of drug-likeness (QED) is 0.629. The Hall–Kier alpha value is -3.39. The predicted molar refractivity (Wildman–Crippen MR) is 113 cm³/mol. The van der Waals surface area contributed by atoms with Crippen molar-refractivity contribution < 1.29 is 19.0 Å². The van der Waals surface area contributed by atoms with Crippen LogP contribution in [0.5, 0.6) is 0 Å². The maximum atomic E-state index is 13.5. The normalized spacial score (nSPS) is 19.2. The van der Waals surface area contributed by atoms with Gasteiger partial charge in [-0.15, -0.1) is 0 Å². The number of carbonyl (C=O) groups is 1. The zero-order chi connectivity index (χ0) is 22.0. The number of halogens is 1. The van der Waals surface area contributed by atoms with Gasteiger partial charge in [-0.25, -0.2) is 19.3 Å². The molecule has 0 saturated carbocycles. The number of nitrogens with zero attached hydrogens (tertiary/aromatic N) is 4. The first kappa shape index (κ1) is 20.9. The van der Waals surface area contributed by atoms with E-state index in [1.165, 1.54) is 18.5 Å². The zero-order valence-electron chi connectivity index (χ0n) is 17.3. The largest absolute Gasteiger partial charge is 0.458 e. The first-order chi connectivity index (χ1) is 14.9. The number of cyclic esters (lactones) is 1. The van der Waals surface area contributed by atoms with E-state index in [9.17, 15) is 14.3 Å². The van der Waals surface area contributed by atoms with Crippen molar-refractivity contribution in [1.29, 1.82) is 0 Å². The van der Waals surface area contributed by atoms with Gasteiger partial charge in [0.2, 0.25) is 0 Å². The van der Waals surface area contributed by atoms with Crippen molar-refractivity contribution in [2.75, 3.05) is 0 Å². The van der Waals surface area contributed by atoms with Crippen molar-refractivity contribution in [3.05, 3.63) is 60.6 Å². The summed E-state index contributed by atoms with van der Waals surface area (Å²) in [6.07, 6.45) is 5.72. The van der Waals surface area contributed by atoms with Gasteiger partial charge < -0.3 is 14.4 Å². The summed E-state index contributed by atoms with van der Waals surface area (Å²) in [6, 6.07) is 7.93. The molecule has 8 heteroatoms. The van der Waals surface area contributed by atoms with E-state index in [4.69, 9.17) is 9.72 Å². The summed E-state index contributed by atoms with van der Waals surface area (Å²) in [5.41, 5.74) is 2.78. The van der Waals surface area contributed by atoms with Gasteiger partial charge in [-0.2, -0.15) is 0 Å².